The highest BCUT2D eigenvalue weighted by molar-refractivity contribution is 5.95. The number of alkyl carbamates (subject to hydrolysis) is 2. The van der Waals surface area contributed by atoms with E-state index in [1.165, 1.54) is 29.2 Å². The molecule has 1 aliphatic heterocycles. The number of fused-ring (bicyclic) bond motifs is 1. The molecule has 1 fully saturated rings. The van der Waals surface area contributed by atoms with Crippen LogP contribution >= 0.6 is 0 Å². The van der Waals surface area contributed by atoms with Gasteiger partial charge in [-0.15, -0.1) is 0 Å². The lowest BCUT2D eigenvalue weighted by Crippen LogP contribution is -2.58. The Labute approximate surface area is 352 Å². The first-order chi connectivity index (χ1) is 29.1. The molecule has 5 rings (SSSR count). The van der Waals surface area contributed by atoms with Gasteiger partial charge < -0.3 is 40.4 Å². The maximum absolute atomic E-state index is 14.5. The topological polar surface area (TPSA) is 225 Å². The minimum Gasteiger partial charge on any atom is -0.460 e. The number of nitro groups is 1. The number of rotatable bonds is 17. The predicted octanol–water partition coefficient (Wildman–Crippen LogP) is 4.84. The third-order valence-corrected chi connectivity index (χ3v) is 9.58. The van der Waals surface area contributed by atoms with Crippen molar-refractivity contribution in [3.63, 3.8) is 0 Å². The average Bonchev–Trinajstić information content (AvgIpc) is 3.73. The van der Waals surface area contributed by atoms with E-state index in [4.69, 9.17) is 14.2 Å². The fourth-order valence-electron chi connectivity index (χ4n) is 6.59. The van der Waals surface area contributed by atoms with Crippen molar-refractivity contribution >= 4 is 52.3 Å². The number of carbonyl (C=O) groups excluding carboxylic acids is 6. The van der Waals surface area contributed by atoms with Crippen molar-refractivity contribution in [3.05, 3.63) is 124 Å². The summed E-state index contributed by atoms with van der Waals surface area (Å²) in [6, 6.07) is 24.4. The number of non-ortho nitro benzene ring substituents is 1. The van der Waals surface area contributed by atoms with Gasteiger partial charge in [0.1, 0.15) is 43.5 Å². The van der Waals surface area contributed by atoms with Crippen LogP contribution in [0.2, 0.25) is 0 Å². The summed E-state index contributed by atoms with van der Waals surface area (Å²) >= 11 is 0. The first kappa shape index (κ1) is 45.1. The molecule has 322 valence electrons. The molecule has 0 aromatic heterocycles. The van der Waals surface area contributed by atoms with Crippen LogP contribution in [0.15, 0.2) is 97.1 Å². The zero-order valence-corrected chi connectivity index (χ0v) is 34.2. The first-order valence-corrected chi connectivity index (χ1v) is 19.8. The summed E-state index contributed by atoms with van der Waals surface area (Å²) < 4.78 is 15.9. The van der Waals surface area contributed by atoms with Gasteiger partial charge in [-0.3, -0.25) is 29.3 Å². The maximum Gasteiger partial charge on any atom is 0.408 e. The van der Waals surface area contributed by atoms with E-state index < -0.39 is 71.1 Å². The van der Waals surface area contributed by atoms with Crippen LogP contribution in [0.5, 0.6) is 0 Å². The number of nitrogens with one attached hydrogen (secondary N) is 4. The number of hydrogen-bond acceptors (Lipinski definition) is 11. The molecule has 0 aliphatic carbocycles. The molecule has 0 radical (unpaired) electrons. The zero-order chi connectivity index (χ0) is 43.9. The van der Waals surface area contributed by atoms with Crippen LogP contribution in [0.4, 0.5) is 15.3 Å². The summed E-state index contributed by atoms with van der Waals surface area (Å²) in [7, 11) is 0. The number of nitrogens with zero attached hydrogens (tertiary/aromatic N) is 2. The molecule has 1 heterocycles. The van der Waals surface area contributed by atoms with Gasteiger partial charge in [-0.05, 0) is 79.6 Å². The summed E-state index contributed by atoms with van der Waals surface area (Å²) in [6.07, 6.45) is -0.934. The summed E-state index contributed by atoms with van der Waals surface area (Å²) in [5.41, 5.74) is 1.00. The Morgan fingerprint density at radius 1 is 0.770 bits per heavy atom. The Bertz CT molecular complexity index is 2190. The Kier molecular flexibility index (Phi) is 15.7. The number of nitro benzene ring substituents is 1. The third-order valence-electron chi connectivity index (χ3n) is 9.58. The largest absolute Gasteiger partial charge is 0.460 e. The van der Waals surface area contributed by atoms with Crippen molar-refractivity contribution in [1.29, 1.82) is 0 Å². The number of carbonyl (C=O) groups is 6. The van der Waals surface area contributed by atoms with E-state index in [0.29, 0.717) is 24.0 Å². The minimum atomic E-state index is -1.27. The monoisotopic (exact) mass is 838 g/mol. The molecule has 4 aromatic carbocycles. The molecular formula is C44H50N6O11. The Hall–Kier alpha value is -7.04. The molecule has 4 N–H and O–H groups in total. The van der Waals surface area contributed by atoms with Crippen molar-refractivity contribution in [3.8, 4) is 0 Å². The molecule has 0 saturated carbocycles. The van der Waals surface area contributed by atoms with Gasteiger partial charge >= 0.3 is 18.2 Å². The number of hydrogen-bond donors (Lipinski definition) is 4. The number of amides is 5. The smallest absolute Gasteiger partial charge is 0.408 e. The zero-order valence-electron chi connectivity index (χ0n) is 34.2. The highest BCUT2D eigenvalue weighted by Gasteiger charge is 2.39. The lowest BCUT2D eigenvalue weighted by Gasteiger charge is -2.30. The van der Waals surface area contributed by atoms with Gasteiger partial charge in [0.05, 0.1) is 4.92 Å². The van der Waals surface area contributed by atoms with Crippen molar-refractivity contribution in [2.45, 2.75) is 83.4 Å². The van der Waals surface area contributed by atoms with Crippen molar-refractivity contribution in [1.82, 2.24) is 26.2 Å². The van der Waals surface area contributed by atoms with Gasteiger partial charge in [0, 0.05) is 31.6 Å². The highest BCUT2D eigenvalue weighted by atomic mass is 16.6. The van der Waals surface area contributed by atoms with E-state index >= 15 is 0 Å². The average molecular weight is 839 g/mol. The van der Waals surface area contributed by atoms with Gasteiger partial charge in [0.2, 0.25) is 17.7 Å². The molecule has 4 aromatic rings. The van der Waals surface area contributed by atoms with Crippen LogP contribution in [0, 0.1) is 10.1 Å². The molecule has 0 bridgehead atoms. The number of benzene rings is 4. The SMILES string of the molecule is CC(C)(C)OC(=O)N[C@H](CCNC(=O)OCc1ccccc1)C(=O)N[C@@H](Cc1ccc2ccccc2c1)C(=O)N1CCC[C@@H]1C(=O)NCC(=O)OCc1ccc([N+](=O)[O-])cc1. The van der Waals surface area contributed by atoms with E-state index in [0.717, 1.165) is 16.3 Å². The van der Waals surface area contributed by atoms with Crippen molar-refractivity contribution in [2.24, 2.45) is 0 Å². The highest BCUT2D eigenvalue weighted by Crippen LogP contribution is 2.22. The van der Waals surface area contributed by atoms with Gasteiger partial charge in [0.25, 0.3) is 5.69 Å². The predicted molar refractivity (Wildman–Crippen MR) is 223 cm³/mol. The normalized spacial score (nSPS) is 14.5. The number of likely N-dealkylation sites (tertiary alicyclic amines) is 1. The molecular weight excluding hydrogens is 789 g/mol. The second kappa shape index (κ2) is 21.3. The standard InChI is InChI=1S/C44H50N6O11/c1-44(2,3)61-43(56)48-35(21-22-45-42(55)60-28-29-10-5-4-6-11-29)39(52)47-36(25-31-15-18-32-12-7-8-13-33(32)24-31)41(54)49-23-9-14-37(49)40(53)46-26-38(51)59-27-30-16-19-34(20-17-30)50(57)58/h4-8,10-13,15-20,24,35-37H,9,14,21-23,25-28H2,1-3H3,(H,45,55)(H,46,53)(H,47,52)(H,48,56)/t35-,36+,37-/m1/s1. The van der Waals surface area contributed by atoms with Gasteiger partial charge in [0.15, 0.2) is 0 Å². The molecule has 5 amide bonds. The summed E-state index contributed by atoms with van der Waals surface area (Å²) in [6.45, 7) is 4.46. The Morgan fingerprint density at radius 2 is 1.43 bits per heavy atom. The molecule has 1 saturated heterocycles. The van der Waals surface area contributed by atoms with Crippen molar-refractivity contribution in [2.75, 3.05) is 19.6 Å². The van der Waals surface area contributed by atoms with Crippen LogP contribution in [0.25, 0.3) is 10.8 Å². The van der Waals surface area contributed by atoms with E-state index in [1.54, 1.807) is 32.9 Å². The molecule has 17 nitrogen and oxygen atoms in total. The molecule has 61 heavy (non-hydrogen) atoms. The van der Waals surface area contributed by atoms with Crippen LogP contribution in [0.3, 0.4) is 0 Å². The third kappa shape index (κ3) is 14.0. The lowest BCUT2D eigenvalue weighted by molar-refractivity contribution is -0.384. The molecule has 0 spiro atoms. The van der Waals surface area contributed by atoms with E-state index in [1.807, 2.05) is 60.7 Å². The molecule has 0 unspecified atom stereocenters. The minimum absolute atomic E-state index is 0.0230. The van der Waals surface area contributed by atoms with Crippen LogP contribution < -0.4 is 21.3 Å². The first-order valence-electron chi connectivity index (χ1n) is 19.8. The van der Waals surface area contributed by atoms with Gasteiger partial charge in [-0.1, -0.05) is 72.8 Å². The number of esters is 1. The summed E-state index contributed by atoms with van der Waals surface area (Å²) in [5, 5.41) is 23.3. The fraction of sp³-hybridized carbons (Fsp3) is 0.364. The molecule has 1 aliphatic rings. The summed E-state index contributed by atoms with van der Waals surface area (Å²) in [4.78, 5) is 91.8. The molecule has 3 atom stereocenters. The number of ether oxygens (including phenoxy) is 3. The van der Waals surface area contributed by atoms with Gasteiger partial charge in [-0.2, -0.15) is 0 Å². The molecule has 17 heteroatoms. The second-order valence-corrected chi connectivity index (χ2v) is 15.4. The Balaban J connectivity index is 1.27. The van der Waals surface area contributed by atoms with Crippen LogP contribution in [-0.4, -0.2) is 89.1 Å². The van der Waals surface area contributed by atoms with E-state index in [2.05, 4.69) is 21.3 Å². The van der Waals surface area contributed by atoms with Gasteiger partial charge in [-0.25, -0.2) is 9.59 Å². The van der Waals surface area contributed by atoms with Crippen molar-refractivity contribution < 1.29 is 47.9 Å². The van der Waals surface area contributed by atoms with E-state index in [9.17, 15) is 38.9 Å². The van der Waals surface area contributed by atoms with E-state index in [-0.39, 0.29) is 44.8 Å². The maximum atomic E-state index is 14.5. The van der Waals surface area contributed by atoms with Crippen LogP contribution in [-0.2, 0) is 53.0 Å². The second-order valence-electron chi connectivity index (χ2n) is 15.4. The summed E-state index contributed by atoms with van der Waals surface area (Å²) in [5.74, 6) is -2.64. The van der Waals surface area contributed by atoms with Crippen LogP contribution in [0.1, 0.15) is 56.7 Å². The lowest BCUT2D eigenvalue weighted by atomic mass is 10.00. The quantitative estimate of drug-likeness (QED) is 0.0488. The Morgan fingerprint density at radius 3 is 2.13 bits per heavy atom. The fourth-order valence-corrected chi connectivity index (χ4v) is 6.59.